The van der Waals surface area contributed by atoms with Crippen molar-refractivity contribution in [1.29, 1.82) is 0 Å². The van der Waals surface area contributed by atoms with Gasteiger partial charge in [0, 0.05) is 26.5 Å². The molecule has 2 rings (SSSR count). The number of likely N-dealkylation sites (tertiary alicyclic amines) is 1. The van der Waals surface area contributed by atoms with Gasteiger partial charge in [-0.2, -0.15) is 0 Å². The van der Waals surface area contributed by atoms with Gasteiger partial charge in [0.2, 0.25) is 5.91 Å². The van der Waals surface area contributed by atoms with Crippen molar-refractivity contribution in [2.24, 2.45) is 5.92 Å². The molecule has 70 valence electrons. The third kappa shape index (κ3) is 1.46. The lowest BCUT2D eigenvalue weighted by Gasteiger charge is -2.15. The van der Waals surface area contributed by atoms with E-state index in [-0.39, 0.29) is 1.43 Å². The highest BCUT2D eigenvalue weighted by Gasteiger charge is 2.36. The molecule has 1 atom stereocenters. The van der Waals surface area contributed by atoms with E-state index in [1.165, 1.54) is 0 Å². The van der Waals surface area contributed by atoms with Crippen LogP contribution < -0.4 is 5.32 Å². The molecule has 0 aromatic rings. The van der Waals surface area contributed by atoms with Crippen LogP contribution in [0, 0.1) is 5.92 Å². The van der Waals surface area contributed by atoms with Crippen LogP contribution >= 0.6 is 0 Å². The van der Waals surface area contributed by atoms with Gasteiger partial charge in [-0.05, 0) is 26.3 Å². The van der Waals surface area contributed by atoms with E-state index in [0.29, 0.717) is 17.9 Å². The van der Waals surface area contributed by atoms with Crippen LogP contribution in [0.2, 0.25) is 0 Å². The second-order valence-corrected chi connectivity index (χ2v) is 3.83. The number of amides is 1. The van der Waals surface area contributed by atoms with Gasteiger partial charge in [-0.15, -0.1) is 0 Å². The molecule has 1 aliphatic heterocycles. The van der Waals surface area contributed by atoms with Gasteiger partial charge in [-0.3, -0.25) is 4.79 Å². The Labute approximate surface area is 74.6 Å². The molecular formula is C9H18N2O. The Bertz CT molecular complexity index is 194. The van der Waals surface area contributed by atoms with Gasteiger partial charge < -0.3 is 10.2 Å². The lowest BCUT2D eigenvalue weighted by molar-refractivity contribution is -0.131. The zero-order valence-corrected chi connectivity index (χ0v) is 7.55. The minimum Gasteiger partial charge on any atom is -0.341 e. The molecule has 12 heavy (non-hydrogen) atoms. The summed E-state index contributed by atoms with van der Waals surface area (Å²) in [5.74, 6) is 0.786. The third-order valence-corrected chi connectivity index (χ3v) is 2.83. The summed E-state index contributed by atoms with van der Waals surface area (Å²) in [7, 11) is 1.97. The highest BCUT2D eigenvalue weighted by molar-refractivity contribution is 5.81. The van der Waals surface area contributed by atoms with Crippen LogP contribution in [-0.2, 0) is 4.79 Å². The first kappa shape index (κ1) is 8.05. The van der Waals surface area contributed by atoms with Crippen molar-refractivity contribution in [1.82, 2.24) is 10.2 Å². The predicted molar refractivity (Wildman–Crippen MR) is 48.9 cm³/mol. The van der Waals surface area contributed by atoms with Crippen LogP contribution in [0.25, 0.3) is 0 Å². The van der Waals surface area contributed by atoms with E-state index < -0.39 is 0 Å². The molecule has 1 aliphatic carbocycles. The van der Waals surface area contributed by atoms with Crippen LogP contribution in [0.4, 0.5) is 0 Å². The number of likely N-dealkylation sites (N-methyl/N-ethyl adjacent to an activating group) is 1. The first-order valence-corrected chi connectivity index (χ1v) is 4.77. The molecule has 1 saturated carbocycles. The molecule has 3 heteroatoms. The average Bonchev–Trinajstić information content (AvgIpc) is 2.82. The highest BCUT2D eigenvalue weighted by atomic mass is 16.2. The van der Waals surface area contributed by atoms with Crippen molar-refractivity contribution < 1.29 is 6.22 Å². The van der Waals surface area contributed by atoms with E-state index >= 15 is 0 Å². The summed E-state index contributed by atoms with van der Waals surface area (Å²) < 4.78 is 0. The number of nitrogens with zero attached hydrogens (tertiary/aromatic N) is 1. The molecule has 0 bridgehead atoms. The summed E-state index contributed by atoms with van der Waals surface area (Å²) in [4.78, 5) is 13.6. The van der Waals surface area contributed by atoms with E-state index in [4.69, 9.17) is 0 Å². The van der Waals surface area contributed by atoms with Crippen LogP contribution in [0.1, 0.15) is 20.7 Å². The summed E-state index contributed by atoms with van der Waals surface area (Å²) in [5, 5.41) is 3.21. The van der Waals surface area contributed by atoms with Crippen molar-refractivity contribution in [2.45, 2.75) is 25.3 Å². The maximum Gasteiger partial charge on any atom is 0.225 e. The summed E-state index contributed by atoms with van der Waals surface area (Å²) in [6.45, 7) is 1.88. The molecule has 1 saturated heterocycles. The normalized spacial score (nSPS) is 29.4. The first-order valence-electron chi connectivity index (χ1n) is 4.77. The molecule has 0 radical (unpaired) electrons. The van der Waals surface area contributed by atoms with E-state index in [9.17, 15) is 4.79 Å². The Morgan fingerprint density at radius 1 is 1.50 bits per heavy atom. The number of rotatable bonds is 2. The maximum atomic E-state index is 11.6. The second-order valence-electron chi connectivity index (χ2n) is 3.83. The van der Waals surface area contributed by atoms with E-state index in [2.05, 4.69) is 5.32 Å². The maximum absolute atomic E-state index is 11.6. The molecular weight excluding hydrogens is 152 g/mol. The third-order valence-electron chi connectivity index (χ3n) is 2.83. The molecule has 0 aromatic carbocycles. The molecule has 1 N–H and O–H groups in total. The van der Waals surface area contributed by atoms with Gasteiger partial charge in [0.05, 0.1) is 0 Å². The predicted octanol–water partition coefficient (Wildman–Crippen LogP) is 0.463. The monoisotopic (exact) mass is 170 g/mol. The molecule has 0 unspecified atom stereocenters. The SMILES string of the molecule is CN[C@H]1CCN(C(=O)C2CC2)C1.[HH]. The molecule has 3 nitrogen and oxygen atoms in total. The van der Waals surface area contributed by atoms with Gasteiger partial charge in [0.25, 0.3) is 0 Å². The molecule has 0 spiro atoms. The van der Waals surface area contributed by atoms with Gasteiger partial charge in [-0.25, -0.2) is 0 Å². The van der Waals surface area contributed by atoms with E-state index in [1.807, 2.05) is 11.9 Å². The molecule has 2 aliphatic rings. The summed E-state index contributed by atoms with van der Waals surface area (Å²) in [6, 6.07) is 0.535. The Kier molecular flexibility index (Phi) is 2.05. The first-order chi connectivity index (χ1) is 5.81. The summed E-state index contributed by atoms with van der Waals surface area (Å²) in [6.07, 6.45) is 3.37. The van der Waals surface area contributed by atoms with Crippen LogP contribution in [-0.4, -0.2) is 37.0 Å². The molecule has 0 aromatic heterocycles. The Hall–Kier alpha value is -0.570. The van der Waals surface area contributed by atoms with Crippen LogP contribution in [0.15, 0.2) is 0 Å². The van der Waals surface area contributed by atoms with Crippen molar-refractivity contribution in [3.05, 3.63) is 0 Å². The quantitative estimate of drug-likeness (QED) is 0.653. The van der Waals surface area contributed by atoms with Gasteiger partial charge in [0.1, 0.15) is 0 Å². The second kappa shape index (κ2) is 3.05. The smallest absolute Gasteiger partial charge is 0.225 e. The standard InChI is InChI=1S/C9H16N2O.H2/c1-10-8-4-5-11(6-8)9(12)7-2-3-7;/h7-8,10H,2-6H2,1H3;1H/t8-;/m0./s1. The van der Waals surface area contributed by atoms with Crippen LogP contribution in [0.3, 0.4) is 0 Å². The molecule has 2 fully saturated rings. The number of nitrogens with one attached hydrogen (secondary N) is 1. The summed E-state index contributed by atoms with van der Waals surface area (Å²) in [5.41, 5.74) is 0. The Morgan fingerprint density at radius 2 is 2.25 bits per heavy atom. The van der Waals surface area contributed by atoms with Crippen LogP contribution in [0.5, 0.6) is 0 Å². The summed E-state index contributed by atoms with van der Waals surface area (Å²) >= 11 is 0. The minimum absolute atomic E-state index is 0. The van der Waals surface area contributed by atoms with E-state index in [0.717, 1.165) is 32.4 Å². The van der Waals surface area contributed by atoms with Crippen molar-refractivity contribution in [2.75, 3.05) is 20.1 Å². The highest BCUT2D eigenvalue weighted by Crippen LogP contribution is 2.31. The average molecular weight is 170 g/mol. The number of hydrogen-bond acceptors (Lipinski definition) is 2. The van der Waals surface area contributed by atoms with Crippen molar-refractivity contribution in [3.63, 3.8) is 0 Å². The zero-order valence-electron chi connectivity index (χ0n) is 7.55. The van der Waals surface area contributed by atoms with Crippen molar-refractivity contribution >= 4 is 5.91 Å². The van der Waals surface area contributed by atoms with E-state index in [1.54, 1.807) is 0 Å². The largest absolute Gasteiger partial charge is 0.341 e. The fourth-order valence-electron chi connectivity index (χ4n) is 1.78. The molecule has 1 heterocycles. The van der Waals surface area contributed by atoms with Gasteiger partial charge in [0.15, 0.2) is 0 Å². The van der Waals surface area contributed by atoms with Gasteiger partial charge in [-0.1, -0.05) is 0 Å². The topological polar surface area (TPSA) is 32.3 Å². The fourth-order valence-corrected chi connectivity index (χ4v) is 1.78. The minimum atomic E-state index is 0. The fraction of sp³-hybridized carbons (Fsp3) is 0.889. The Morgan fingerprint density at radius 3 is 2.75 bits per heavy atom. The van der Waals surface area contributed by atoms with Crippen molar-refractivity contribution in [3.8, 4) is 0 Å². The number of carbonyl (C=O) groups excluding carboxylic acids is 1. The Balaban J connectivity index is 0.000000845. The number of carbonyl (C=O) groups is 1. The number of hydrogen-bond donors (Lipinski definition) is 1. The molecule has 1 amide bonds. The zero-order chi connectivity index (χ0) is 8.55. The lowest BCUT2D eigenvalue weighted by atomic mass is 10.3. The van der Waals surface area contributed by atoms with Gasteiger partial charge >= 0.3 is 0 Å². The lowest BCUT2D eigenvalue weighted by Crippen LogP contribution is -2.34.